The molecular weight excluding hydrogens is 354 g/mol. The zero-order valence-electron chi connectivity index (χ0n) is 16.7. The lowest BCUT2D eigenvalue weighted by atomic mass is 9.97. The molecule has 1 atom stereocenters. The van der Waals surface area contributed by atoms with Crippen molar-refractivity contribution < 1.29 is 4.74 Å². The molecule has 2 aliphatic rings. The molecular formula is C21H31N5O2. The summed E-state index contributed by atoms with van der Waals surface area (Å²) >= 11 is 0. The number of piperidine rings is 1. The van der Waals surface area contributed by atoms with E-state index in [2.05, 4.69) is 34.5 Å². The Labute approximate surface area is 166 Å². The van der Waals surface area contributed by atoms with Crippen LogP contribution in [0.15, 0.2) is 35.1 Å². The Morgan fingerprint density at radius 3 is 2.75 bits per heavy atom. The van der Waals surface area contributed by atoms with Crippen molar-refractivity contribution in [2.75, 3.05) is 32.8 Å². The zero-order valence-corrected chi connectivity index (χ0v) is 16.7. The summed E-state index contributed by atoms with van der Waals surface area (Å²) in [6, 6.07) is 10.5. The lowest BCUT2D eigenvalue weighted by molar-refractivity contribution is -0.0407. The van der Waals surface area contributed by atoms with E-state index < -0.39 is 0 Å². The van der Waals surface area contributed by atoms with Crippen LogP contribution >= 0.6 is 0 Å². The summed E-state index contributed by atoms with van der Waals surface area (Å²) in [7, 11) is 0. The van der Waals surface area contributed by atoms with E-state index in [1.165, 1.54) is 5.56 Å². The first kappa shape index (κ1) is 19.4. The molecule has 3 heterocycles. The van der Waals surface area contributed by atoms with Crippen LogP contribution in [0.5, 0.6) is 0 Å². The molecule has 28 heavy (non-hydrogen) atoms. The molecule has 4 rings (SSSR count). The molecule has 2 saturated heterocycles. The minimum Gasteiger partial charge on any atom is -0.374 e. The molecule has 0 bridgehead atoms. The van der Waals surface area contributed by atoms with Gasteiger partial charge >= 0.3 is 5.69 Å². The summed E-state index contributed by atoms with van der Waals surface area (Å²) in [6.07, 6.45) is 2.08. The summed E-state index contributed by atoms with van der Waals surface area (Å²) in [5.74, 6) is 1.32. The Hall–Kier alpha value is -1.96. The molecule has 7 heteroatoms. The highest BCUT2D eigenvalue weighted by Crippen LogP contribution is 2.22. The topological polar surface area (TPSA) is 64.3 Å². The highest BCUT2D eigenvalue weighted by molar-refractivity contribution is 5.14. The Morgan fingerprint density at radius 1 is 1.21 bits per heavy atom. The molecule has 7 nitrogen and oxygen atoms in total. The Kier molecular flexibility index (Phi) is 6.24. The van der Waals surface area contributed by atoms with Crippen LogP contribution in [0.1, 0.15) is 37.1 Å². The second-order valence-electron chi connectivity index (χ2n) is 7.80. The number of nitrogens with one attached hydrogen (secondary N) is 1. The molecule has 1 unspecified atom stereocenters. The quantitative estimate of drug-likeness (QED) is 0.815. The van der Waals surface area contributed by atoms with E-state index in [1.807, 2.05) is 17.6 Å². The van der Waals surface area contributed by atoms with Crippen molar-refractivity contribution in [1.82, 2.24) is 24.6 Å². The van der Waals surface area contributed by atoms with Crippen LogP contribution in [0.3, 0.4) is 0 Å². The van der Waals surface area contributed by atoms with Crippen LogP contribution in [0.4, 0.5) is 0 Å². The van der Waals surface area contributed by atoms with Crippen molar-refractivity contribution in [3.05, 3.63) is 52.2 Å². The third kappa shape index (κ3) is 4.37. The van der Waals surface area contributed by atoms with E-state index in [0.717, 1.165) is 51.4 Å². The smallest absolute Gasteiger partial charge is 0.346 e. The van der Waals surface area contributed by atoms with Crippen molar-refractivity contribution >= 4 is 0 Å². The predicted octanol–water partition coefficient (Wildman–Crippen LogP) is 1.43. The van der Waals surface area contributed by atoms with E-state index in [1.54, 1.807) is 4.68 Å². The van der Waals surface area contributed by atoms with Crippen molar-refractivity contribution in [3.63, 3.8) is 0 Å². The molecule has 2 fully saturated rings. The Balaban J connectivity index is 1.44. The van der Waals surface area contributed by atoms with Gasteiger partial charge in [-0.15, -0.1) is 0 Å². The van der Waals surface area contributed by atoms with Crippen LogP contribution in [0.25, 0.3) is 0 Å². The molecule has 0 saturated carbocycles. The lowest BCUT2D eigenvalue weighted by Crippen LogP contribution is -2.45. The summed E-state index contributed by atoms with van der Waals surface area (Å²) in [5, 5.41) is 8.13. The molecule has 1 aromatic carbocycles. The Bertz CT molecular complexity index is 810. The van der Waals surface area contributed by atoms with Gasteiger partial charge in [0.05, 0.1) is 19.3 Å². The van der Waals surface area contributed by atoms with E-state index in [9.17, 15) is 4.79 Å². The fourth-order valence-corrected chi connectivity index (χ4v) is 4.33. The van der Waals surface area contributed by atoms with E-state index >= 15 is 0 Å². The van der Waals surface area contributed by atoms with E-state index in [-0.39, 0.29) is 11.8 Å². The van der Waals surface area contributed by atoms with Gasteiger partial charge in [0, 0.05) is 32.1 Å². The number of nitrogens with zero attached hydrogens (tertiary/aromatic N) is 4. The summed E-state index contributed by atoms with van der Waals surface area (Å²) in [6.45, 7) is 8.56. The maximum atomic E-state index is 12.9. The van der Waals surface area contributed by atoms with Crippen LogP contribution in [0.2, 0.25) is 0 Å². The van der Waals surface area contributed by atoms with E-state index in [4.69, 9.17) is 9.84 Å². The number of benzene rings is 1. The minimum atomic E-state index is -0.00348. The predicted molar refractivity (Wildman–Crippen MR) is 108 cm³/mol. The molecule has 152 valence electrons. The van der Waals surface area contributed by atoms with Gasteiger partial charge in [-0.25, -0.2) is 9.48 Å². The molecule has 0 amide bonds. The molecule has 0 spiro atoms. The maximum absolute atomic E-state index is 12.9. The highest BCUT2D eigenvalue weighted by Gasteiger charge is 2.26. The molecule has 2 aromatic rings. The van der Waals surface area contributed by atoms with Crippen molar-refractivity contribution in [3.8, 4) is 0 Å². The molecule has 0 radical (unpaired) electrons. The van der Waals surface area contributed by atoms with Crippen LogP contribution in [0, 0.1) is 0 Å². The standard InChI is InChI=1S/C21H31N5O2/c1-2-25-20(18-8-10-22-11-9-18)23-26(21(25)27)16-19-15-24(12-13-28-19)14-17-6-4-3-5-7-17/h3-7,18-19,22H,2,8-16H2,1H3. The lowest BCUT2D eigenvalue weighted by Gasteiger charge is -2.32. The van der Waals surface area contributed by atoms with Gasteiger partial charge < -0.3 is 10.1 Å². The number of ether oxygens (including phenoxy) is 1. The summed E-state index contributed by atoms with van der Waals surface area (Å²) in [4.78, 5) is 15.3. The van der Waals surface area contributed by atoms with Gasteiger partial charge in [-0.3, -0.25) is 9.47 Å². The molecule has 0 aliphatic carbocycles. The first-order valence-electron chi connectivity index (χ1n) is 10.5. The number of hydrogen-bond acceptors (Lipinski definition) is 5. The average Bonchev–Trinajstić information content (AvgIpc) is 3.05. The second kappa shape index (κ2) is 9.03. The van der Waals surface area contributed by atoms with Crippen LogP contribution in [-0.4, -0.2) is 58.1 Å². The first-order valence-corrected chi connectivity index (χ1v) is 10.5. The van der Waals surface area contributed by atoms with Gasteiger partial charge in [-0.05, 0) is 38.4 Å². The largest absolute Gasteiger partial charge is 0.374 e. The minimum absolute atomic E-state index is 0.000171. The van der Waals surface area contributed by atoms with Gasteiger partial charge in [0.1, 0.15) is 5.82 Å². The fraction of sp³-hybridized carbons (Fsp3) is 0.619. The van der Waals surface area contributed by atoms with Crippen molar-refractivity contribution in [1.29, 1.82) is 0 Å². The number of aromatic nitrogens is 3. The second-order valence-corrected chi connectivity index (χ2v) is 7.80. The molecule has 1 N–H and O–H groups in total. The molecule has 1 aromatic heterocycles. The SMILES string of the molecule is CCn1c(C2CCNCC2)nn(CC2CN(Cc3ccccc3)CCO2)c1=O. The molecule has 2 aliphatic heterocycles. The van der Waals surface area contributed by atoms with E-state index in [0.29, 0.717) is 25.6 Å². The third-order valence-electron chi connectivity index (χ3n) is 5.82. The van der Waals surface area contributed by atoms with Gasteiger partial charge in [0.2, 0.25) is 0 Å². The first-order chi connectivity index (χ1) is 13.7. The average molecular weight is 386 g/mol. The summed E-state index contributed by atoms with van der Waals surface area (Å²) in [5.41, 5.74) is 1.31. The third-order valence-corrected chi connectivity index (χ3v) is 5.82. The van der Waals surface area contributed by atoms with Crippen molar-refractivity contribution in [2.45, 2.75) is 51.4 Å². The fourth-order valence-electron chi connectivity index (χ4n) is 4.33. The number of rotatable bonds is 6. The van der Waals surface area contributed by atoms with Crippen LogP contribution < -0.4 is 11.0 Å². The normalized spacial score (nSPS) is 21.8. The Morgan fingerprint density at radius 2 is 2.00 bits per heavy atom. The van der Waals surface area contributed by atoms with Gasteiger partial charge in [0.25, 0.3) is 0 Å². The van der Waals surface area contributed by atoms with Gasteiger partial charge in [0.15, 0.2) is 0 Å². The highest BCUT2D eigenvalue weighted by atomic mass is 16.5. The van der Waals surface area contributed by atoms with Crippen molar-refractivity contribution in [2.24, 2.45) is 0 Å². The number of hydrogen-bond donors (Lipinski definition) is 1. The van der Waals surface area contributed by atoms with Crippen LogP contribution in [-0.2, 0) is 24.4 Å². The summed E-state index contributed by atoms with van der Waals surface area (Å²) < 4.78 is 9.46. The maximum Gasteiger partial charge on any atom is 0.346 e. The van der Waals surface area contributed by atoms with Gasteiger partial charge in [-0.2, -0.15) is 5.10 Å². The van der Waals surface area contributed by atoms with Gasteiger partial charge in [-0.1, -0.05) is 30.3 Å². The monoisotopic (exact) mass is 385 g/mol. The number of morpholine rings is 1. The zero-order chi connectivity index (χ0) is 19.3.